The molecule has 0 saturated carbocycles. The third-order valence-electron chi connectivity index (χ3n) is 2.00. The van der Waals surface area contributed by atoms with Crippen molar-refractivity contribution >= 4 is 23.9 Å². The predicted molar refractivity (Wildman–Crippen MR) is 83.3 cm³/mol. The van der Waals surface area contributed by atoms with Crippen molar-refractivity contribution < 1.29 is 39.6 Å². The summed E-state index contributed by atoms with van der Waals surface area (Å²) < 4.78 is 0. The Morgan fingerprint density at radius 1 is 0.833 bits per heavy atom. The zero-order valence-corrected chi connectivity index (χ0v) is 13.6. The topological polar surface area (TPSA) is 230 Å². The van der Waals surface area contributed by atoms with Gasteiger partial charge in [-0.05, 0) is 14.1 Å². The van der Waals surface area contributed by atoms with Gasteiger partial charge in [0.1, 0.15) is 12.1 Å². The average molecular weight is 354 g/mol. The highest BCUT2D eigenvalue weighted by Crippen LogP contribution is 1.86. The summed E-state index contributed by atoms with van der Waals surface area (Å²) in [6.45, 7) is 1.74. The predicted octanol–water partition coefficient (Wildman–Crippen LogP) is -2.75. The Kier molecular flexibility index (Phi) is 17.3. The smallest absolute Gasteiger partial charge is 0.321 e. The summed E-state index contributed by atoms with van der Waals surface area (Å²) in [5.41, 5.74) is 14.9. The molecule has 24 heavy (non-hydrogen) atoms. The fourth-order valence-electron chi connectivity index (χ4n) is 0.809. The minimum Gasteiger partial charge on any atom is -0.481 e. The molecular formula is C12H26N4O8. The van der Waals surface area contributed by atoms with E-state index in [9.17, 15) is 19.2 Å². The van der Waals surface area contributed by atoms with Crippen molar-refractivity contribution in [3.8, 4) is 0 Å². The fraction of sp³-hybridized carbons (Fsp3) is 0.667. The first kappa shape index (κ1) is 26.6. The van der Waals surface area contributed by atoms with Gasteiger partial charge in [0.15, 0.2) is 0 Å². The molecule has 142 valence electrons. The molecule has 10 N–H and O–H groups in total. The van der Waals surface area contributed by atoms with Crippen LogP contribution in [0.3, 0.4) is 0 Å². The van der Waals surface area contributed by atoms with Crippen molar-refractivity contribution in [2.24, 2.45) is 17.2 Å². The molecule has 12 nitrogen and oxygen atoms in total. The number of carboxylic acid groups (broad SMARTS) is 4. The molecule has 0 amide bonds. The molecule has 0 radical (unpaired) electrons. The summed E-state index contributed by atoms with van der Waals surface area (Å²) in [5, 5.41) is 32.1. The van der Waals surface area contributed by atoms with E-state index in [1.165, 1.54) is 0 Å². The van der Waals surface area contributed by atoms with Gasteiger partial charge >= 0.3 is 23.9 Å². The molecule has 0 aliphatic rings. The van der Waals surface area contributed by atoms with Crippen LogP contribution in [0.15, 0.2) is 0 Å². The van der Waals surface area contributed by atoms with E-state index in [2.05, 4.69) is 4.90 Å². The summed E-state index contributed by atoms with van der Waals surface area (Å²) in [6, 6.07) is -2.58. The number of carboxylic acids is 4. The van der Waals surface area contributed by atoms with Gasteiger partial charge in [0.25, 0.3) is 0 Å². The summed E-state index contributed by atoms with van der Waals surface area (Å²) in [4.78, 5) is 41.3. The van der Waals surface area contributed by atoms with Gasteiger partial charge in [-0.3, -0.25) is 19.2 Å². The van der Waals surface area contributed by atoms with Crippen LogP contribution in [0.2, 0.25) is 0 Å². The molecule has 0 saturated heterocycles. The highest BCUT2D eigenvalue weighted by molar-refractivity contribution is 5.80. The molecular weight excluding hydrogens is 328 g/mol. The molecule has 0 aliphatic heterocycles. The quantitative estimate of drug-likeness (QED) is 0.235. The lowest BCUT2D eigenvalue weighted by Gasteiger charge is -2.03. The summed E-state index contributed by atoms with van der Waals surface area (Å²) in [6.07, 6.45) is -1.06. The van der Waals surface area contributed by atoms with Crippen LogP contribution < -0.4 is 17.2 Å². The zero-order valence-electron chi connectivity index (χ0n) is 13.6. The summed E-state index contributed by atoms with van der Waals surface area (Å²) in [5.74, 6) is -5.00. The van der Waals surface area contributed by atoms with Gasteiger partial charge in [-0.15, -0.1) is 0 Å². The van der Waals surface area contributed by atoms with E-state index in [0.29, 0.717) is 0 Å². The summed E-state index contributed by atoms with van der Waals surface area (Å²) >= 11 is 0. The Morgan fingerprint density at radius 2 is 1.12 bits per heavy atom. The van der Waals surface area contributed by atoms with Crippen LogP contribution in [0.25, 0.3) is 0 Å². The van der Waals surface area contributed by atoms with Crippen molar-refractivity contribution in [3.63, 3.8) is 0 Å². The molecule has 0 aromatic heterocycles. The van der Waals surface area contributed by atoms with Crippen LogP contribution in [-0.2, 0) is 19.2 Å². The van der Waals surface area contributed by atoms with Gasteiger partial charge in [0.05, 0.1) is 12.8 Å². The van der Waals surface area contributed by atoms with E-state index in [1.54, 1.807) is 0 Å². The molecule has 2 atom stereocenters. The number of aliphatic carboxylic acids is 4. The second-order valence-electron chi connectivity index (χ2n) is 4.68. The van der Waals surface area contributed by atoms with Crippen molar-refractivity contribution in [1.82, 2.24) is 4.90 Å². The first-order chi connectivity index (χ1) is 10.8. The number of nitrogens with two attached hydrogens (primary N) is 3. The Balaban J connectivity index is -0.000000282. The molecule has 0 aromatic rings. The maximum absolute atomic E-state index is 9.85. The van der Waals surface area contributed by atoms with E-state index < -0.39 is 48.8 Å². The Labute approximate surface area is 138 Å². The standard InChI is InChI=1S/C4H12N2.2C4H7NO4/c1-6(2)4-3-5;2*5-2(4(8)9)1-3(6)7/h3-5H2,1-2H3;2*2H,1,5H2,(H,6,7)(H,8,9)/t;2*2-/m.00/s1. The molecule has 12 heteroatoms. The van der Waals surface area contributed by atoms with Crippen molar-refractivity contribution in [2.75, 3.05) is 27.2 Å². The van der Waals surface area contributed by atoms with Gasteiger partial charge in [-0.25, -0.2) is 0 Å². The normalized spacial score (nSPS) is 11.9. The second-order valence-corrected chi connectivity index (χ2v) is 4.68. The number of carbonyl (C=O) groups is 4. The highest BCUT2D eigenvalue weighted by atomic mass is 16.4. The third-order valence-corrected chi connectivity index (χ3v) is 2.00. The van der Waals surface area contributed by atoms with Gasteiger partial charge in [-0.1, -0.05) is 0 Å². The number of hydrogen-bond acceptors (Lipinski definition) is 8. The maximum Gasteiger partial charge on any atom is 0.321 e. The monoisotopic (exact) mass is 354 g/mol. The van der Waals surface area contributed by atoms with E-state index in [1.807, 2.05) is 14.1 Å². The van der Waals surface area contributed by atoms with Crippen LogP contribution in [0.1, 0.15) is 12.8 Å². The average Bonchev–Trinajstić information content (AvgIpc) is 2.38. The lowest BCUT2D eigenvalue weighted by molar-refractivity contribution is -0.144. The van der Waals surface area contributed by atoms with E-state index in [-0.39, 0.29) is 0 Å². The van der Waals surface area contributed by atoms with Crippen LogP contribution in [-0.4, -0.2) is 88.5 Å². The van der Waals surface area contributed by atoms with Gasteiger partial charge in [0.2, 0.25) is 0 Å². The van der Waals surface area contributed by atoms with Crippen LogP contribution in [0.5, 0.6) is 0 Å². The molecule has 0 fully saturated rings. The minimum absolute atomic E-state index is 0.532. The number of hydrogen-bond donors (Lipinski definition) is 7. The van der Waals surface area contributed by atoms with Crippen LogP contribution in [0.4, 0.5) is 0 Å². The van der Waals surface area contributed by atoms with Crippen molar-refractivity contribution in [3.05, 3.63) is 0 Å². The Bertz CT molecular complexity index is 371. The van der Waals surface area contributed by atoms with Gasteiger partial charge in [0, 0.05) is 13.1 Å². The first-order valence-corrected chi connectivity index (χ1v) is 6.60. The lowest BCUT2D eigenvalue weighted by atomic mass is 10.2. The van der Waals surface area contributed by atoms with Crippen molar-refractivity contribution in [1.29, 1.82) is 0 Å². The second kappa shape index (κ2) is 15.6. The molecule has 0 aliphatic carbocycles. The summed E-state index contributed by atoms with van der Waals surface area (Å²) in [7, 11) is 4.01. The molecule has 0 rings (SSSR count). The Hall–Kier alpha value is -2.28. The van der Waals surface area contributed by atoms with E-state index in [0.717, 1.165) is 13.1 Å². The molecule has 0 spiro atoms. The van der Waals surface area contributed by atoms with Gasteiger partial charge in [-0.2, -0.15) is 0 Å². The number of rotatable bonds is 8. The van der Waals surface area contributed by atoms with E-state index >= 15 is 0 Å². The number of likely N-dealkylation sites (N-methyl/N-ethyl adjacent to an activating group) is 1. The largest absolute Gasteiger partial charge is 0.481 e. The van der Waals surface area contributed by atoms with E-state index in [4.69, 9.17) is 37.6 Å². The fourth-order valence-corrected chi connectivity index (χ4v) is 0.809. The Morgan fingerprint density at radius 3 is 1.17 bits per heavy atom. The molecule has 0 unspecified atom stereocenters. The maximum atomic E-state index is 9.85. The third kappa shape index (κ3) is 24.7. The van der Waals surface area contributed by atoms with Crippen molar-refractivity contribution in [2.45, 2.75) is 24.9 Å². The molecule has 0 bridgehead atoms. The number of nitrogens with zero attached hydrogens (tertiary/aromatic N) is 1. The van der Waals surface area contributed by atoms with Crippen LogP contribution in [0, 0.1) is 0 Å². The van der Waals surface area contributed by atoms with Crippen LogP contribution >= 0.6 is 0 Å². The first-order valence-electron chi connectivity index (χ1n) is 6.60. The molecule has 0 heterocycles. The zero-order chi connectivity index (χ0) is 19.9. The molecule has 0 aromatic carbocycles. The highest BCUT2D eigenvalue weighted by Gasteiger charge is 2.15. The SMILES string of the molecule is CN(C)CCN.N[C@@H](CC(=O)O)C(=O)O.N[C@@H](CC(=O)O)C(=O)O. The lowest BCUT2D eigenvalue weighted by Crippen LogP contribution is -2.32. The van der Waals surface area contributed by atoms with Gasteiger partial charge < -0.3 is 42.5 Å². The minimum atomic E-state index is -1.29.